The third-order valence-corrected chi connectivity index (χ3v) is 4.90. The molecule has 0 aliphatic carbocycles. The van der Waals surface area contributed by atoms with Crippen molar-refractivity contribution in [3.63, 3.8) is 0 Å². The number of nitrogens with zero attached hydrogens (tertiary/aromatic N) is 1. The number of halogens is 1. The molecule has 7 nitrogen and oxygen atoms in total. The number of nitrogens with one attached hydrogen (secondary N) is 1. The molecule has 2 aromatic rings. The van der Waals surface area contributed by atoms with E-state index in [0.29, 0.717) is 29.8 Å². The third-order valence-electron chi connectivity index (χ3n) is 4.90. The number of aliphatic carboxylic acids is 1. The van der Waals surface area contributed by atoms with Crippen LogP contribution in [0, 0.1) is 5.82 Å². The third kappa shape index (κ3) is 5.79. The van der Waals surface area contributed by atoms with Crippen LogP contribution in [0.15, 0.2) is 48.5 Å². The number of anilines is 1. The van der Waals surface area contributed by atoms with Crippen molar-refractivity contribution in [1.82, 2.24) is 4.90 Å². The van der Waals surface area contributed by atoms with Gasteiger partial charge in [-0.3, -0.25) is 9.69 Å². The maximum Gasteiger partial charge on any atom is 0.410 e. The van der Waals surface area contributed by atoms with Gasteiger partial charge in [-0.1, -0.05) is 24.3 Å². The zero-order valence-corrected chi connectivity index (χ0v) is 16.3. The molecule has 1 atom stereocenters. The van der Waals surface area contributed by atoms with E-state index < -0.39 is 18.1 Å². The topological polar surface area (TPSA) is 95.9 Å². The molecule has 1 unspecified atom stereocenters. The standard InChI is InChI=1S/C22H23FN2O5/c23-17-8-4-15(5-9-17)13-20(26)24-18-10-6-16(7-11-18)14-30-22(29)25-12-2-1-3-19(25)21(27)28/h4-11,19H,1-3,12-14H2,(H,24,26)(H,27,28). The van der Waals surface area contributed by atoms with E-state index in [-0.39, 0.29) is 24.8 Å². The van der Waals surface area contributed by atoms with Crippen molar-refractivity contribution >= 4 is 23.7 Å². The number of carbonyl (C=O) groups is 3. The molecule has 1 heterocycles. The van der Waals surface area contributed by atoms with Gasteiger partial charge in [-0.2, -0.15) is 0 Å². The smallest absolute Gasteiger partial charge is 0.410 e. The van der Waals surface area contributed by atoms with E-state index >= 15 is 0 Å². The maximum atomic E-state index is 12.9. The van der Waals surface area contributed by atoms with Crippen LogP contribution >= 0.6 is 0 Å². The molecule has 0 aromatic heterocycles. The summed E-state index contributed by atoms with van der Waals surface area (Å²) in [5.74, 6) is -1.60. The number of carbonyl (C=O) groups excluding carboxylic acids is 2. The molecule has 30 heavy (non-hydrogen) atoms. The van der Waals surface area contributed by atoms with Crippen molar-refractivity contribution in [1.29, 1.82) is 0 Å². The minimum Gasteiger partial charge on any atom is -0.480 e. The highest BCUT2D eigenvalue weighted by Gasteiger charge is 2.32. The highest BCUT2D eigenvalue weighted by atomic mass is 19.1. The molecule has 0 spiro atoms. The summed E-state index contributed by atoms with van der Waals surface area (Å²) >= 11 is 0. The summed E-state index contributed by atoms with van der Waals surface area (Å²) in [5.41, 5.74) is 2.00. The summed E-state index contributed by atoms with van der Waals surface area (Å²) in [7, 11) is 0. The number of piperidine rings is 1. The number of benzene rings is 2. The van der Waals surface area contributed by atoms with Crippen LogP contribution in [0.2, 0.25) is 0 Å². The minimum atomic E-state index is -1.02. The van der Waals surface area contributed by atoms with Crippen LogP contribution in [0.5, 0.6) is 0 Å². The predicted octanol–water partition coefficient (Wildman–Crippen LogP) is 3.58. The number of hydrogen-bond donors (Lipinski definition) is 2. The second-order valence-corrected chi connectivity index (χ2v) is 7.15. The summed E-state index contributed by atoms with van der Waals surface area (Å²) < 4.78 is 18.2. The van der Waals surface area contributed by atoms with Gasteiger partial charge in [0.05, 0.1) is 6.42 Å². The number of ether oxygens (including phenoxy) is 1. The van der Waals surface area contributed by atoms with Crippen LogP contribution < -0.4 is 5.32 Å². The lowest BCUT2D eigenvalue weighted by molar-refractivity contribution is -0.143. The molecular weight excluding hydrogens is 391 g/mol. The fraction of sp³-hybridized carbons (Fsp3) is 0.318. The molecular formula is C22H23FN2O5. The summed E-state index contributed by atoms with van der Waals surface area (Å²) in [4.78, 5) is 36.9. The summed E-state index contributed by atoms with van der Waals surface area (Å²) in [5, 5.41) is 12.0. The van der Waals surface area contributed by atoms with Crippen molar-refractivity contribution in [3.05, 3.63) is 65.5 Å². The Hall–Kier alpha value is -3.42. The van der Waals surface area contributed by atoms with E-state index in [1.165, 1.54) is 17.0 Å². The minimum absolute atomic E-state index is 0.00543. The van der Waals surface area contributed by atoms with Gasteiger partial charge in [-0.15, -0.1) is 0 Å². The molecule has 0 saturated carbocycles. The van der Waals surface area contributed by atoms with Crippen LogP contribution in [-0.4, -0.2) is 40.6 Å². The van der Waals surface area contributed by atoms with Gasteiger partial charge in [0.2, 0.25) is 5.91 Å². The Kier molecular flexibility index (Phi) is 7.00. The lowest BCUT2D eigenvalue weighted by atomic mass is 10.0. The van der Waals surface area contributed by atoms with E-state index in [2.05, 4.69) is 5.32 Å². The normalized spacial score (nSPS) is 16.0. The van der Waals surface area contributed by atoms with Crippen LogP contribution in [-0.2, 0) is 27.4 Å². The highest BCUT2D eigenvalue weighted by molar-refractivity contribution is 5.92. The molecule has 2 aromatic carbocycles. The second-order valence-electron chi connectivity index (χ2n) is 7.15. The van der Waals surface area contributed by atoms with Gasteiger partial charge in [0.1, 0.15) is 18.5 Å². The lowest BCUT2D eigenvalue weighted by Crippen LogP contribution is -2.48. The van der Waals surface area contributed by atoms with Crippen LogP contribution in [0.1, 0.15) is 30.4 Å². The van der Waals surface area contributed by atoms with Gasteiger partial charge < -0.3 is 15.2 Å². The van der Waals surface area contributed by atoms with Crippen molar-refractivity contribution in [2.45, 2.75) is 38.3 Å². The van der Waals surface area contributed by atoms with Gasteiger partial charge in [-0.05, 0) is 54.7 Å². The van der Waals surface area contributed by atoms with Gasteiger partial charge >= 0.3 is 12.1 Å². The average molecular weight is 414 g/mol. The van der Waals surface area contributed by atoms with Crippen LogP contribution in [0.3, 0.4) is 0 Å². The first-order valence-corrected chi connectivity index (χ1v) is 9.72. The average Bonchev–Trinajstić information content (AvgIpc) is 2.74. The first-order chi connectivity index (χ1) is 14.4. The van der Waals surface area contributed by atoms with Gasteiger partial charge in [-0.25, -0.2) is 14.0 Å². The Labute approximate surface area is 173 Å². The largest absolute Gasteiger partial charge is 0.480 e. The molecule has 1 saturated heterocycles. The highest BCUT2D eigenvalue weighted by Crippen LogP contribution is 2.19. The van der Waals surface area contributed by atoms with E-state index in [0.717, 1.165) is 12.8 Å². The number of amides is 2. The molecule has 0 bridgehead atoms. The lowest BCUT2D eigenvalue weighted by Gasteiger charge is -2.31. The molecule has 3 rings (SSSR count). The first-order valence-electron chi connectivity index (χ1n) is 9.72. The fourth-order valence-electron chi connectivity index (χ4n) is 3.31. The Morgan fingerprint density at radius 2 is 1.70 bits per heavy atom. The van der Waals surface area contributed by atoms with Crippen LogP contribution in [0.4, 0.5) is 14.9 Å². The van der Waals surface area contributed by atoms with Gasteiger partial charge in [0, 0.05) is 12.2 Å². The Morgan fingerprint density at radius 3 is 2.37 bits per heavy atom. The summed E-state index contributed by atoms with van der Waals surface area (Å²) in [6.45, 7) is 0.375. The molecule has 1 fully saturated rings. The van der Waals surface area contributed by atoms with E-state index in [1.807, 2.05) is 0 Å². The molecule has 1 aliphatic rings. The Balaban J connectivity index is 1.49. The van der Waals surface area contributed by atoms with Crippen LogP contribution in [0.25, 0.3) is 0 Å². The van der Waals surface area contributed by atoms with Gasteiger partial charge in [0.25, 0.3) is 0 Å². The van der Waals surface area contributed by atoms with Crippen molar-refractivity contribution < 1.29 is 28.6 Å². The number of likely N-dealkylation sites (tertiary alicyclic amines) is 1. The molecule has 2 amide bonds. The Morgan fingerprint density at radius 1 is 1.03 bits per heavy atom. The van der Waals surface area contributed by atoms with E-state index in [4.69, 9.17) is 4.74 Å². The monoisotopic (exact) mass is 414 g/mol. The molecule has 1 aliphatic heterocycles. The number of carboxylic acid groups (broad SMARTS) is 1. The predicted molar refractivity (Wildman–Crippen MR) is 107 cm³/mol. The number of hydrogen-bond acceptors (Lipinski definition) is 4. The van der Waals surface area contributed by atoms with Crippen molar-refractivity contribution in [3.8, 4) is 0 Å². The number of carboxylic acids is 1. The number of rotatable bonds is 6. The van der Waals surface area contributed by atoms with Crippen molar-refractivity contribution in [2.24, 2.45) is 0 Å². The van der Waals surface area contributed by atoms with E-state index in [9.17, 15) is 23.9 Å². The van der Waals surface area contributed by atoms with Gasteiger partial charge in [0.15, 0.2) is 0 Å². The Bertz CT molecular complexity index is 899. The van der Waals surface area contributed by atoms with Crippen molar-refractivity contribution in [2.75, 3.05) is 11.9 Å². The molecule has 8 heteroatoms. The zero-order valence-electron chi connectivity index (χ0n) is 16.3. The quantitative estimate of drug-likeness (QED) is 0.753. The maximum absolute atomic E-state index is 12.9. The summed E-state index contributed by atoms with van der Waals surface area (Å²) in [6.07, 6.45) is 1.44. The second kappa shape index (κ2) is 9.87. The zero-order chi connectivity index (χ0) is 21.5. The summed E-state index contributed by atoms with van der Waals surface area (Å²) in [6, 6.07) is 11.7. The molecule has 158 valence electrons. The molecule has 0 radical (unpaired) electrons. The first kappa shape index (κ1) is 21.3. The molecule has 2 N–H and O–H groups in total. The SMILES string of the molecule is O=C(Cc1ccc(F)cc1)Nc1ccc(COC(=O)N2CCCCC2C(=O)O)cc1. The van der Waals surface area contributed by atoms with E-state index in [1.54, 1.807) is 36.4 Å². The fourth-order valence-corrected chi connectivity index (χ4v) is 3.31.